The van der Waals surface area contributed by atoms with E-state index >= 15 is 0 Å². The quantitative estimate of drug-likeness (QED) is 0.344. The first-order valence-corrected chi connectivity index (χ1v) is 12.4. The molecular weight excluding hydrogens is 490 g/mol. The van der Waals surface area contributed by atoms with Crippen molar-refractivity contribution in [2.24, 2.45) is 5.10 Å². The lowest BCUT2D eigenvalue weighted by Gasteiger charge is -2.23. The molecule has 3 aromatic carbocycles. The average molecular weight is 516 g/mol. The van der Waals surface area contributed by atoms with Gasteiger partial charge in [-0.3, -0.25) is 9.59 Å². The highest BCUT2D eigenvalue weighted by molar-refractivity contribution is 6.30. The number of carbonyl (C=O) groups is 1. The lowest BCUT2D eigenvalue weighted by molar-refractivity contribution is -0.132. The van der Waals surface area contributed by atoms with Crippen molar-refractivity contribution in [2.75, 3.05) is 14.2 Å². The number of hydrogen-bond acceptors (Lipinski definition) is 5. The van der Waals surface area contributed by atoms with Crippen molar-refractivity contribution in [3.8, 4) is 22.6 Å². The Morgan fingerprint density at radius 3 is 2.51 bits per heavy atom. The molecule has 188 valence electrons. The molecule has 0 saturated heterocycles. The Morgan fingerprint density at radius 2 is 1.81 bits per heavy atom. The maximum atomic E-state index is 13.6. The maximum Gasteiger partial charge on any atom is 0.258 e. The summed E-state index contributed by atoms with van der Waals surface area (Å²) >= 11 is 6.17. The van der Waals surface area contributed by atoms with Crippen molar-refractivity contribution in [2.45, 2.75) is 25.8 Å². The number of carbonyl (C=O) groups excluding carboxylic acids is 1. The Bertz CT molecular complexity index is 1580. The van der Waals surface area contributed by atoms with Gasteiger partial charge >= 0.3 is 0 Å². The molecule has 1 amide bonds. The summed E-state index contributed by atoms with van der Waals surface area (Å²) in [5, 5.41) is 7.68. The van der Waals surface area contributed by atoms with Crippen molar-refractivity contribution < 1.29 is 14.3 Å². The molecule has 0 spiro atoms. The van der Waals surface area contributed by atoms with Gasteiger partial charge in [0.2, 0.25) is 5.91 Å². The zero-order valence-corrected chi connectivity index (χ0v) is 21.5. The molecule has 0 radical (unpaired) electrons. The molecule has 0 fully saturated rings. The highest BCUT2D eigenvalue weighted by atomic mass is 35.5. The monoisotopic (exact) mass is 515 g/mol. The fraction of sp³-hybridized carbons (Fsp3) is 0.207. The van der Waals surface area contributed by atoms with E-state index in [9.17, 15) is 9.59 Å². The van der Waals surface area contributed by atoms with Crippen molar-refractivity contribution >= 4 is 34.1 Å². The summed E-state index contributed by atoms with van der Waals surface area (Å²) in [6.07, 6.45) is 0.592. The normalized spacial score (nSPS) is 15.1. The lowest BCUT2D eigenvalue weighted by Crippen LogP contribution is -2.26. The van der Waals surface area contributed by atoms with Crippen molar-refractivity contribution in [3.05, 3.63) is 93.2 Å². The Hall–Kier alpha value is -4.10. The van der Waals surface area contributed by atoms with Crippen LogP contribution >= 0.6 is 11.6 Å². The summed E-state index contributed by atoms with van der Waals surface area (Å²) in [7, 11) is 3.17. The van der Waals surface area contributed by atoms with E-state index in [1.807, 2.05) is 48.5 Å². The summed E-state index contributed by atoms with van der Waals surface area (Å²) in [6.45, 7) is 1.79. The van der Waals surface area contributed by atoms with E-state index in [0.29, 0.717) is 39.7 Å². The molecule has 1 unspecified atom stereocenters. The smallest absolute Gasteiger partial charge is 0.258 e. The van der Waals surface area contributed by atoms with Gasteiger partial charge in [0.05, 0.1) is 31.5 Å². The zero-order chi connectivity index (χ0) is 26.1. The number of amides is 1. The van der Waals surface area contributed by atoms with E-state index in [0.717, 1.165) is 22.1 Å². The van der Waals surface area contributed by atoms with Crippen LogP contribution in [0, 0.1) is 0 Å². The van der Waals surface area contributed by atoms with Crippen LogP contribution in [0.1, 0.15) is 36.9 Å². The van der Waals surface area contributed by atoms with Crippen LogP contribution in [-0.2, 0) is 4.79 Å². The number of aromatic nitrogens is 1. The van der Waals surface area contributed by atoms with Gasteiger partial charge in [-0.2, -0.15) is 5.10 Å². The Balaban J connectivity index is 1.73. The topological polar surface area (TPSA) is 84.0 Å². The molecule has 4 aromatic rings. The highest BCUT2D eigenvalue weighted by Gasteiger charge is 2.36. The number of nitrogens with zero attached hydrogens (tertiary/aromatic N) is 2. The fourth-order valence-electron chi connectivity index (χ4n) is 4.83. The first-order chi connectivity index (χ1) is 17.9. The molecule has 1 aromatic heterocycles. The standard InChI is InChI=1S/C29H26ClN3O4/c1-4-26(34)33-24(21-15-19(36-2)13-14-25(21)37-3)16-23(32-33)28-27(17-9-11-18(30)12-10-17)20-7-5-6-8-22(20)31-29(28)35/h5-15,24H,4,16H2,1-3H3,(H,31,35). The largest absolute Gasteiger partial charge is 0.497 e. The Morgan fingerprint density at radius 1 is 1.05 bits per heavy atom. The number of hydrazone groups is 1. The molecule has 2 heterocycles. The zero-order valence-electron chi connectivity index (χ0n) is 20.7. The second-order valence-corrected chi connectivity index (χ2v) is 9.16. The van der Waals surface area contributed by atoms with E-state index in [1.165, 1.54) is 5.01 Å². The Labute approximate surface area is 219 Å². The summed E-state index contributed by atoms with van der Waals surface area (Å²) in [5.74, 6) is 1.09. The van der Waals surface area contributed by atoms with Gasteiger partial charge < -0.3 is 14.5 Å². The minimum Gasteiger partial charge on any atom is -0.497 e. The molecular formula is C29H26ClN3O4. The van der Waals surface area contributed by atoms with E-state index in [1.54, 1.807) is 39.3 Å². The van der Waals surface area contributed by atoms with Gasteiger partial charge in [-0.25, -0.2) is 5.01 Å². The van der Waals surface area contributed by atoms with Crippen LogP contribution < -0.4 is 15.0 Å². The second kappa shape index (κ2) is 10.1. The van der Waals surface area contributed by atoms with Crippen LogP contribution in [-0.4, -0.2) is 35.8 Å². The summed E-state index contributed by atoms with van der Waals surface area (Å²) in [4.78, 5) is 29.6. The van der Waals surface area contributed by atoms with Gasteiger partial charge in [0.15, 0.2) is 0 Å². The predicted molar refractivity (Wildman–Crippen MR) is 146 cm³/mol. The number of fused-ring (bicyclic) bond motifs is 1. The number of nitrogens with one attached hydrogen (secondary N) is 1. The van der Waals surface area contributed by atoms with E-state index in [2.05, 4.69) is 4.98 Å². The molecule has 0 aliphatic carbocycles. The second-order valence-electron chi connectivity index (χ2n) is 8.72. The molecule has 7 nitrogen and oxygen atoms in total. The minimum absolute atomic E-state index is 0.157. The molecule has 8 heteroatoms. The molecule has 1 atom stereocenters. The van der Waals surface area contributed by atoms with Crippen LogP contribution in [0.4, 0.5) is 0 Å². The molecule has 0 saturated carbocycles. The maximum absolute atomic E-state index is 13.6. The van der Waals surface area contributed by atoms with Crippen LogP contribution in [0.15, 0.2) is 76.6 Å². The molecule has 1 N–H and O–H groups in total. The molecule has 0 bridgehead atoms. The van der Waals surface area contributed by atoms with E-state index in [-0.39, 0.29) is 17.9 Å². The number of para-hydroxylation sites is 1. The van der Waals surface area contributed by atoms with Crippen LogP contribution in [0.2, 0.25) is 5.02 Å². The van der Waals surface area contributed by atoms with Crippen molar-refractivity contribution in [3.63, 3.8) is 0 Å². The first kappa shape index (κ1) is 24.6. The Kier molecular flexibility index (Phi) is 6.72. The van der Waals surface area contributed by atoms with Crippen LogP contribution in [0.5, 0.6) is 11.5 Å². The fourth-order valence-corrected chi connectivity index (χ4v) is 4.96. The SMILES string of the molecule is CCC(=O)N1N=C(c2c(-c3ccc(Cl)cc3)c3ccccc3[nH]c2=O)CC1c1cc(OC)ccc1OC. The number of H-pyrrole nitrogens is 1. The predicted octanol–water partition coefficient (Wildman–Crippen LogP) is 5.95. The third kappa shape index (κ3) is 4.47. The van der Waals surface area contributed by atoms with Crippen LogP contribution in [0.25, 0.3) is 22.0 Å². The number of rotatable bonds is 6. The number of benzene rings is 3. The molecule has 5 rings (SSSR count). The summed E-state index contributed by atoms with van der Waals surface area (Å²) in [5.41, 5.74) is 3.73. The molecule has 1 aliphatic heterocycles. The van der Waals surface area contributed by atoms with Gasteiger partial charge in [-0.15, -0.1) is 0 Å². The van der Waals surface area contributed by atoms with E-state index in [4.69, 9.17) is 26.2 Å². The van der Waals surface area contributed by atoms with E-state index < -0.39 is 6.04 Å². The average Bonchev–Trinajstić information content (AvgIpc) is 3.36. The molecule has 37 heavy (non-hydrogen) atoms. The number of aromatic amines is 1. The number of hydrogen-bond donors (Lipinski definition) is 1. The summed E-state index contributed by atoms with van der Waals surface area (Å²) < 4.78 is 11.1. The van der Waals surface area contributed by atoms with Gasteiger partial charge in [-0.1, -0.05) is 48.9 Å². The minimum atomic E-state index is -0.462. The first-order valence-electron chi connectivity index (χ1n) is 12.0. The number of ether oxygens (including phenoxy) is 2. The molecule has 1 aliphatic rings. The van der Waals surface area contributed by atoms with Gasteiger partial charge in [-0.05, 0) is 42.0 Å². The van der Waals surface area contributed by atoms with Gasteiger partial charge in [0.25, 0.3) is 5.56 Å². The lowest BCUT2D eigenvalue weighted by atomic mass is 9.90. The van der Waals surface area contributed by atoms with Gasteiger partial charge in [0.1, 0.15) is 11.5 Å². The van der Waals surface area contributed by atoms with Crippen molar-refractivity contribution in [1.29, 1.82) is 0 Å². The number of halogens is 1. The van der Waals surface area contributed by atoms with Gasteiger partial charge in [0, 0.05) is 39.9 Å². The third-order valence-corrected chi connectivity index (χ3v) is 6.86. The number of pyridine rings is 1. The number of methoxy groups -OCH3 is 2. The van der Waals surface area contributed by atoms with Crippen molar-refractivity contribution in [1.82, 2.24) is 9.99 Å². The summed E-state index contributed by atoms with van der Waals surface area (Å²) in [6, 6.07) is 20.0. The highest BCUT2D eigenvalue weighted by Crippen LogP contribution is 2.41. The third-order valence-electron chi connectivity index (χ3n) is 6.61. The van der Waals surface area contributed by atoms with Crippen LogP contribution in [0.3, 0.4) is 0 Å².